The van der Waals surface area contributed by atoms with Gasteiger partial charge in [0.15, 0.2) is 0 Å². The van der Waals surface area contributed by atoms with Crippen LogP contribution in [0.4, 0.5) is 0 Å². The van der Waals surface area contributed by atoms with Gasteiger partial charge in [0.25, 0.3) is 0 Å². The van der Waals surface area contributed by atoms with Crippen LogP contribution in [-0.4, -0.2) is 76.1 Å². The molecule has 1 aliphatic rings. The highest BCUT2D eigenvalue weighted by Crippen LogP contribution is 2.20. The summed E-state index contributed by atoms with van der Waals surface area (Å²) in [6.07, 6.45) is 22.2. The zero-order chi connectivity index (χ0) is 28.9. The molecule has 0 aromatic rings. The largest absolute Gasteiger partial charge is 0.455 e. The second-order valence-electron chi connectivity index (χ2n) is 11.2. The van der Waals surface area contributed by atoms with Crippen LogP contribution >= 0.6 is 0 Å². The topological polar surface area (TPSA) is 83.5 Å². The van der Waals surface area contributed by atoms with Gasteiger partial charge in [0.05, 0.1) is 45.7 Å². The van der Waals surface area contributed by atoms with Crippen LogP contribution in [0.2, 0.25) is 0 Å². The van der Waals surface area contributed by atoms with Gasteiger partial charge < -0.3 is 28.8 Å². The predicted molar refractivity (Wildman–Crippen MR) is 162 cm³/mol. The second kappa shape index (κ2) is 28.1. The molecule has 0 saturated carbocycles. The molecule has 0 saturated heterocycles. The maximum absolute atomic E-state index is 11.6. The fourth-order valence-corrected chi connectivity index (χ4v) is 4.87. The lowest BCUT2D eigenvalue weighted by Crippen LogP contribution is -2.12. The average molecular weight is 571 g/mol. The molecule has 0 aliphatic carbocycles. The monoisotopic (exact) mass is 570 g/mol. The highest BCUT2D eigenvalue weighted by Gasteiger charge is 2.21. The van der Waals surface area contributed by atoms with Crippen molar-refractivity contribution in [1.29, 1.82) is 0 Å². The molecule has 40 heavy (non-hydrogen) atoms. The first-order chi connectivity index (χ1) is 19.6. The first-order valence-corrected chi connectivity index (χ1v) is 16.5. The molecule has 0 aromatic heterocycles. The van der Waals surface area contributed by atoms with Gasteiger partial charge in [-0.15, -0.1) is 0 Å². The molecule has 0 fully saturated rings. The molecule has 1 rings (SSSR count). The van der Waals surface area contributed by atoms with E-state index in [1.54, 1.807) is 0 Å². The highest BCUT2D eigenvalue weighted by atomic mass is 16.6. The molecule has 1 N–H and O–H groups in total. The molecule has 0 radical (unpaired) electrons. The van der Waals surface area contributed by atoms with Crippen molar-refractivity contribution in [2.45, 2.75) is 142 Å². The lowest BCUT2D eigenvalue weighted by Gasteiger charge is -2.11. The molecule has 0 aromatic carbocycles. The minimum atomic E-state index is -0.209. The number of cyclic esters (lactones) is 1. The Labute approximate surface area is 245 Å². The van der Waals surface area contributed by atoms with Crippen LogP contribution in [0.25, 0.3) is 0 Å². The van der Waals surface area contributed by atoms with E-state index in [4.69, 9.17) is 23.7 Å². The molecule has 1 heterocycles. The number of esters is 1. The van der Waals surface area contributed by atoms with Crippen molar-refractivity contribution < 1.29 is 33.6 Å². The van der Waals surface area contributed by atoms with Crippen molar-refractivity contribution in [2.75, 3.05) is 52.9 Å². The van der Waals surface area contributed by atoms with Gasteiger partial charge in [0, 0.05) is 18.8 Å². The average Bonchev–Trinajstić information content (AvgIpc) is 3.27. The van der Waals surface area contributed by atoms with Crippen LogP contribution < -0.4 is 0 Å². The maximum atomic E-state index is 11.6. The molecule has 0 spiro atoms. The van der Waals surface area contributed by atoms with Gasteiger partial charge in [0.1, 0.15) is 6.10 Å². The number of carbonyl (C=O) groups excluding carboxylic acids is 1. The molecule has 2 unspecified atom stereocenters. The lowest BCUT2D eigenvalue weighted by atomic mass is 10.0. The van der Waals surface area contributed by atoms with Gasteiger partial charge in [-0.05, 0) is 57.9 Å². The quantitative estimate of drug-likeness (QED) is 0.0690. The summed E-state index contributed by atoms with van der Waals surface area (Å²) < 4.78 is 27.5. The summed E-state index contributed by atoms with van der Waals surface area (Å²) in [4.78, 5) is 11.6. The summed E-state index contributed by atoms with van der Waals surface area (Å²) in [5.41, 5.74) is 0.838. The molecule has 0 bridgehead atoms. The van der Waals surface area contributed by atoms with Crippen molar-refractivity contribution >= 4 is 5.97 Å². The van der Waals surface area contributed by atoms with E-state index in [0.717, 1.165) is 82.8 Å². The minimum Gasteiger partial charge on any atom is -0.455 e. The van der Waals surface area contributed by atoms with Gasteiger partial charge in [-0.3, -0.25) is 0 Å². The summed E-state index contributed by atoms with van der Waals surface area (Å²) in [5, 5.41) is 10.2. The molecular formula is C33H62O7. The van der Waals surface area contributed by atoms with Gasteiger partial charge in [-0.1, -0.05) is 77.6 Å². The van der Waals surface area contributed by atoms with E-state index < -0.39 is 0 Å². The zero-order valence-electron chi connectivity index (χ0n) is 26.0. The van der Waals surface area contributed by atoms with Crippen LogP contribution in [0.3, 0.4) is 0 Å². The number of aliphatic hydroxyl groups is 1. The number of rotatable bonds is 31. The Bertz CT molecular complexity index is 595. The summed E-state index contributed by atoms with van der Waals surface area (Å²) in [6, 6.07) is 0. The molecule has 236 valence electrons. The summed E-state index contributed by atoms with van der Waals surface area (Å²) in [7, 11) is 0. The van der Waals surface area contributed by atoms with E-state index in [-0.39, 0.29) is 18.2 Å². The standard InChI is InChI=1S/C33H62O7/c1-3-4-5-6-7-8-12-16-21-36-23-25-38-27-28-39-26-24-37-22-17-15-20-32(34)19-14-11-9-10-13-18-31-29-30(2)40-33(31)35/h29-30,32,34H,3-28H2,1-2H3. The maximum Gasteiger partial charge on any atom is 0.334 e. The van der Waals surface area contributed by atoms with Gasteiger partial charge in [-0.25, -0.2) is 4.79 Å². The Hall–Kier alpha value is -0.990. The molecule has 1 aliphatic heterocycles. The Morgan fingerprint density at radius 2 is 1.07 bits per heavy atom. The van der Waals surface area contributed by atoms with Crippen LogP contribution in [0.15, 0.2) is 11.6 Å². The van der Waals surface area contributed by atoms with E-state index in [2.05, 4.69) is 6.92 Å². The first-order valence-electron chi connectivity index (χ1n) is 16.5. The molecular weight excluding hydrogens is 508 g/mol. The third kappa shape index (κ3) is 23.7. The molecule has 7 heteroatoms. The summed E-state index contributed by atoms with van der Waals surface area (Å²) in [5.74, 6) is -0.142. The Balaban J connectivity index is 1.69. The number of hydrogen-bond acceptors (Lipinski definition) is 7. The van der Waals surface area contributed by atoms with Crippen molar-refractivity contribution in [2.24, 2.45) is 0 Å². The zero-order valence-corrected chi connectivity index (χ0v) is 26.0. The minimum absolute atomic E-state index is 0.0646. The number of carbonyl (C=O) groups is 1. The molecule has 7 nitrogen and oxygen atoms in total. The smallest absolute Gasteiger partial charge is 0.334 e. The molecule has 2 atom stereocenters. The van der Waals surface area contributed by atoms with Gasteiger partial charge in [0.2, 0.25) is 0 Å². The second-order valence-corrected chi connectivity index (χ2v) is 11.2. The van der Waals surface area contributed by atoms with E-state index in [0.29, 0.717) is 46.2 Å². The SMILES string of the molecule is CCCCCCCCCCOCCOCCOCCOCCCCC(O)CCCCCCCC1=CC(C)OC1=O. The number of unbranched alkanes of at least 4 members (excludes halogenated alkanes) is 12. The van der Waals surface area contributed by atoms with E-state index >= 15 is 0 Å². The highest BCUT2D eigenvalue weighted by molar-refractivity contribution is 5.90. The van der Waals surface area contributed by atoms with Gasteiger partial charge >= 0.3 is 5.97 Å². The lowest BCUT2D eigenvalue weighted by molar-refractivity contribution is -0.139. The van der Waals surface area contributed by atoms with E-state index in [1.165, 1.54) is 44.9 Å². The normalized spacial score (nSPS) is 15.9. The Morgan fingerprint density at radius 1 is 0.650 bits per heavy atom. The fraction of sp³-hybridized carbons (Fsp3) is 0.909. The van der Waals surface area contributed by atoms with Crippen LogP contribution in [0.1, 0.15) is 129 Å². The molecule has 0 amide bonds. The third-order valence-corrected chi connectivity index (χ3v) is 7.31. The Morgan fingerprint density at radius 3 is 1.60 bits per heavy atom. The van der Waals surface area contributed by atoms with Crippen molar-refractivity contribution in [3.63, 3.8) is 0 Å². The number of aliphatic hydroxyl groups excluding tert-OH is 1. The number of hydrogen-bond donors (Lipinski definition) is 1. The predicted octanol–water partition coefficient (Wildman–Crippen LogP) is 7.33. The Kier molecular flexibility index (Phi) is 26.1. The van der Waals surface area contributed by atoms with Gasteiger partial charge in [-0.2, -0.15) is 0 Å². The summed E-state index contributed by atoms with van der Waals surface area (Å²) >= 11 is 0. The van der Waals surface area contributed by atoms with Crippen LogP contribution in [0.5, 0.6) is 0 Å². The van der Waals surface area contributed by atoms with Crippen molar-refractivity contribution in [3.8, 4) is 0 Å². The third-order valence-electron chi connectivity index (χ3n) is 7.31. The van der Waals surface area contributed by atoms with E-state index in [9.17, 15) is 9.90 Å². The van der Waals surface area contributed by atoms with Crippen LogP contribution in [0, 0.1) is 0 Å². The van der Waals surface area contributed by atoms with Crippen LogP contribution in [-0.2, 0) is 28.5 Å². The first kappa shape index (κ1) is 37.0. The summed E-state index contributed by atoms with van der Waals surface area (Å²) in [6.45, 7) is 9.35. The van der Waals surface area contributed by atoms with E-state index in [1.807, 2.05) is 13.0 Å². The van der Waals surface area contributed by atoms with Crippen molar-refractivity contribution in [3.05, 3.63) is 11.6 Å². The van der Waals surface area contributed by atoms with Crippen molar-refractivity contribution in [1.82, 2.24) is 0 Å². The fourth-order valence-electron chi connectivity index (χ4n) is 4.87. The number of ether oxygens (including phenoxy) is 5.